The molecule has 0 bridgehead atoms. The smallest absolute Gasteiger partial charge is 0.406 e. The Morgan fingerprint density at radius 3 is 2.10 bits per heavy atom. The number of halogens is 3. The van der Waals surface area contributed by atoms with E-state index in [-0.39, 0.29) is 17.2 Å². The van der Waals surface area contributed by atoms with Crippen molar-refractivity contribution in [2.75, 3.05) is 13.2 Å². The maximum Gasteiger partial charge on any atom is 0.406 e. The van der Waals surface area contributed by atoms with Crippen LogP contribution < -0.4 is 0 Å². The van der Waals surface area contributed by atoms with E-state index in [1.807, 2.05) is 0 Å². The van der Waals surface area contributed by atoms with Crippen LogP contribution in [0.4, 0.5) is 13.2 Å². The first-order valence-electron chi connectivity index (χ1n) is 9.57. The molecule has 0 radical (unpaired) electrons. The Labute approximate surface area is 172 Å². The van der Waals surface area contributed by atoms with Crippen molar-refractivity contribution >= 4 is 11.9 Å². The van der Waals surface area contributed by atoms with Crippen LogP contribution in [0.15, 0.2) is 48.5 Å². The topological polar surface area (TPSA) is 66.8 Å². The lowest BCUT2D eigenvalue weighted by atomic mass is 10.0. The van der Waals surface area contributed by atoms with Crippen LogP contribution >= 0.6 is 0 Å². The van der Waals surface area contributed by atoms with E-state index in [9.17, 15) is 27.9 Å². The van der Waals surface area contributed by atoms with Gasteiger partial charge in [-0.15, -0.1) is 0 Å². The highest BCUT2D eigenvalue weighted by Gasteiger charge is 2.40. The Balaban J connectivity index is 1.60. The number of nitrogens with zero attached hydrogens (tertiary/aromatic N) is 1. The number of phenolic OH excluding ortho intramolecular Hbond substituents is 1. The summed E-state index contributed by atoms with van der Waals surface area (Å²) in [5.74, 6) is -1.45. The molecule has 0 spiro atoms. The van der Waals surface area contributed by atoms with Crippen molar-refractivity contribution in [3.63, 3.8) is 0 Å². The van der Waals surface area contributed by atoms with Crippen molar-refractivity contribution in [1.82, 2.24) is 4.90 Å². The van der Waals surface area contributed by atoms with E-state index < -0.39 is 37.2 Å². The summed E-state index contributed by atoms with van der Waals surface area (Å²) in [6.07, 6.45) is -2.95. The minimum Gasteiger partial charge on any atom is -0.508 e. The van der Waals surface area contributed by atoms with Gasteiger partial charge in [0, 0.05) is 6.04 Å². The number of phenols is 1. The molecule has 1 fully saturated rings. The number of carbonyl (C=O) groups excluding carboxylic acids is 2. The molecule has 30 heavy (non-hydrogen) atoms. The zero-order valence-corrected chi connectivity index (χ0v) is 16.4. The Bertz CT molecular complexity index is 890. The molecule has 0 aliphatic heterocycles. The third-order valence-corrected chi connectivity index (χ3v) is 5.11. The Kier molecular flexibility index (Phi) is 6.34. The summed E-state index contributed by atoms with van der Waals surface area (Å²) in [4.78, 5) is 25.3. The highest BCUT2D eigenvalue weighted by atomic mass is 19.4. The van der Waals surface area contributed by atoms with Gasteiger partial charge in [0.2, 0.25) is 0 Å². The molecule has 160 valence electrons. The maximum absolute atomic E-state index is 12.9. The molecular weight excluding hydrogens is 399 g/mol. The summed E-state index contributed by atoms with van der Waals surface area (Å²) < 4.78 is 43.5. The summed E-state index contributed by atoms with van der Waals surface area (Å²) in [6.45, 7) is -0.515. The SMILES string of the molecule is C[C@@H](C1CC1)N(CC(F)(F)F)C(=O)COC(=O)c1ccc(-c2ccc(O)cc2)cc1. The van der Waals surface area contributed by atoms with E-state index in [0.29, 0.717) is 0 Å². The number of hydrogen-bond acceptors (Lipinski definition) is 4. The first-order chi connectivity index (χ1) is 14.1. The van der Waals surface area contributed by atoms with Gasteiger partial charge in [0.15, 0.2) is 6.61 Å². The normalized spacial score (nSPS) is 14.8. The van der Waals surface area contributed by atoms with Gasteiger partial charge in [-0.05, 0) is 61.1 Å². The molecule has 5 nitrogen and oxygen atoms in total. The van der Waals surface area contributed by atoms with Crippen LogP contribution in [0.3, 0.4) is 0 Å². The molecule has 1 aliphatic rings. The van der Waals surface area contributed by atoms with E-state index in [1.165, 1.54) is 12.1 Å². The van der Waals surface area contributed by atoms with Gasteiger partial charge in [-0.25, -0.2) is 4.79 Å². The van der Waals surface area contributed by atoms with Crippen molar-refractivity contribution in [2.24, 2.45) is 5.92 Å². The zero-order chi connectivity index (χ0) is 21.9. The number of amides is 1. The molecule has 1 amide bonds. The van der Waals surface area contributed by atoms with Crippen LogP contribution in [0.25, 0.3) is 11.1 Å². The van der Waals surface area contributed by atoms with E-state index in [4.69, 9.17) is 4.74 Å². The first-order valence-corrected chi connectivity index (χ1v) is 9.57. The molecule has 0 aromatic heterocycles. The van der Waals surface area contributed by atoms with Crippen LogP contribution in [0.5, 0.6) is 5.75 Å². The van der Waals surface area contributed by atoms with Crippen LogP contribution in [-0.2, 0) is 9.53 Å². The lowest BCUT2D eigenvalue weighted by Crippen LogP contribution is -2.47. The number of rotatable bonds is 7. The van der Waals surface area contributed by atoms with Crippen molar-refractivity contribution in [2.45, 2.75) is 32.0 Å². The van der Waals surface area contributed by atoms with Crippen LogP contribution in [0.2, 0.25) is 0 Å². The molecular formula is C22H22F3NO4. The number of carbonyl (C=O) groups is 2. The summed E-state index contributed by atoms with van der Waals surface area (Å²) >= 11 is 0. The molecule has 1 saturated carbocycles. The highest BCUT2D eigenvalue weighted by molar-refractivity contribution is 5.92. The number of alkyl halides is 3. The minimum absolute atomic E-state index is 0.0550. The second kappa shape index (κ2) is 8.77. The van der Waals surface area contributed by atoms with E-state index in [2.05, 4.69) is 0 Å². The minimum atomic E-state index is -4.52. The fraction of sp³-hybridized carbons (Fsp3) is 0.364. The average molecular weight is 421 g/mol. The third-order valence-electron chi connectivity index (χ3n) is 5.11. The molecule has 3 rings (SSSR count). The standard InChI is InChI=1S/C22H22F3NO4/c1-14(15-2-3-15)26(13-22(23,24)25)20(28)12-30-21(29)18-6-4-16(5-7-18)17-8-10-19(27)11-9-17/h4-11,14-15,27H,2-3,12-13H2,1H3/t14-/m0/s1. The number of esters is 1. The fourth-order valence-corrected chi connectivity index (χ4v) is 3.23. The van der Waals surface area contributed by atoms with Gasteiger partial charge in [0.1, 0.15) is 12.3 Å². The third kappa shape index (κ3) is 5.75. The van der Waals surface area contributed by atoms with Crippen LogP contribution in [0.1, 0.15) is 30.1 Å². The first kappa shape index (κ1) is 21.7. The van der Waals surface area contributed by atoms with Gasteiger partial charge in [-0.1, -0.05) is 24.3 Å². The Hall–Kier alpha value is -3.03. The molecule has 1 N–H and O–H groups in total. The van der Waals surface area contributed by atoms with Gasteiger partial charge >= 0.3 is 12.1 Å². The van der Waals surface area contributed by atoms with Gasteiger partial charge in [-0.2, -0.15) is 13.2 Å². The van der Waals surface area contributed by atoms with Crippen LogP contribution in [-0.4, -0.2) is 47.3 Å². The summed E-state index contributed by atoms with van der Waals surface area (Å²) in [6, 6.07) is 12.3. The molecule has 2 aromatic carbocycles. The predicted molar refractivity (Wildman–Crippen MR) is 104 cm³/mol. The quantitative estimate of drug-likeness (QED) is 0.673. The molecule has 0 heterocycles. The van der Waals surface area contributed by atoms with Crippen molar-refractivity contribution < 1.29 is 32.6 Å². The number of aromatic hydroxyl groups is 1. The second-order valence-electron chi connectivity index (χ2n) is 7.42. The average Bonchev–Trinajstić information content (AvgIpc) is 3.55. The summed E-state index contributed by atoms with van der Waals surface area (Å²) in [5.41, 5.74) is 1.82. The lowest BCUT2D eigenvalue weighted by Gasteiger charge is -2.30. The molecule has 8 heteroatoms. The monoisotopic (exact) mass is 421 g/mol. The fourth-order valence-electron chi connectivity index (χ4n) is 3.23. The van der Waals surface area contributed by atoms with Gasteiger partial charge in [0.05, 0.1) is 5.56 Å². The van der Waals surface area contributed by atoms with Crippen LogP contribution in [0, 0.1) is 5.92 Å². The molecule has 0 saturated heterocycles. The number of benzene rings is 2. The largest absolute Gasteiger partial charge is 0.508 e. The predicted octanol–water partition coefficient (Wildman–Crippen LogP) is 4.41. The molecule has 1 aliphatic carbocycles. The number of hydrogen-bond donors (Lipinski definition) is 1. The Morgan fingerprint density at radius 1 is 1.07 bits per heavy atom. The van der Waals surface area contributed by atoms with E-state index >= 15 is 0 Å². The summed E-state index contributed by atoms with van der Waals surface area (Å²) in [7, 11) is 0. The van der Waals surface area contributed by atoms with E-state index in [0.717, 1.165) is 28.9 Å². The van der Waals surface area contributed by atoms with E-state index in [1.54, 1.807) is 43.3 Å². The van der Waals surface area contributed by atoms with Crippen molar-refractivity contribution in [1.29, 1.82) is 0 Å². The zero-order valence-electron chi connectivity index (χ0n) is 16.4. The van der Waals surface area contributed by atoms with Gasteiger partial charge < -0.3 is 14.7 Å². The van der Waals surface area contributed by atoms with Gasteiger partial charge in [-0.3, -0.25) is 4.79 Å². The lowest BCUT2D eigenvalue weighted by molar-refractivity contribution is -0.167. The van der Waals surface area contributed by atoms with Crippen molar-refractivity contribution in [3.05, 3.63) is 54.1 Å². The molecule has 0 unspecified atom stereocenters. The number of ether oxygens (including phenoxy) is 1. The highest BCUT2D eigenvalue weighted by Crippen LogP contribution is 2.36. The molecule has 1 atom stereocenters. The van der Waals surface area contributed by atoms with Gasteiger partial charge in [0.25, 0.3) is 5.91 Å². The molecule has 2 aromatic rings. The second-order valence-corrected chi connectivity index (χ2v) is 7.42. The maximum atomic E-state index is 12.9. The Morgan fingerprint density at radius 2 is 1.60 bits per heavy atom. The van der Waals surface area contributed by atoms with Crippen molar-refractivity contribution in [3.8, 4) is 16.9 Å². The summed E-state index contributed by atoms with van der Waals surface area (Å²) in [5, 5.41) is 9.34.